The van der Waals surface area contributed by atoms with E-state index in [1.807, 2.05) is 0 Å². The molecule has 38 heavy (non-hydrogen) atoms. The summed E-state index contributed by atoms with van der Waals surface area (Å²) in [7, 11) is -5.13. The minimum atomic E-state index is -3.50. The van der Waals surface area contributed by atoms with Gasteiger partial charge in [0.25, 0.3) is 0 Å². The van der Waals surface area contributed by atoms with Crippen LogP contribution in [-0.2, 0) is 13.6 Å². The highest BCUT2D eigenvalue weighted by Crippen LogP contribution is 2.51. The molecule has 0 saturated carbocycles. The third-order valence-corrected chi connectivity index (χ3v) is 20.9. The summed E-state index contributed by atoms with van der Waals surface area (Å²) in [5.74, 6) is -3.53. The lowest BCUT2D eigenvalue weighted by Gasteiger charge is -2.46. The molecule has 1 aromatic rings. The third-order valence-electron chi connectivity index (χ3n) is 8.70. The Bertz CT molecular complexity index is 942. The zero-order valence-electron chi connectivity index (χ0n) is 25.4. The maximum Gasteiger partial charge on any atom is 0.351 e. The van der Waals surface area contributed by atoms with E-state index >= 15 is 8.78 Å². The molecule has 7 nitrogen and oxygen atoms in total. The maximum absolute atomic E-state index is 16.4. The zero-order valence-corrected chi connectivity index (χ0v) is 27.4. The fraction of sp³-hybridized carbons (Fsp3) is 0.852. The molecule has 11 heteroatoms. The van der Waals surface area contributed by atoms with Crippen molar-refractivity contribution in [2.24, 2.45) is 0 Å². The lowest BCUT2D eigenvalue weighted by molar-refractivity contribution is -0.138. The first-order chi connectivity index (χ1) is 17.4. The number of aromatic nitrogens is 2. The topological polar surface area (TPSA) is 88.6 Å². The molecule has 1 fully saturated rings. The van der Waals surface area contributed by atoms with E-state index in [4.69, 9.17) is 19.3 Å². The van der Waals surface area contributed by atoms with Crippen molar-refractivity contribution in [1.29, 1.82) is 0 Å². The predicted octanol–water partition coefficient (Wildman–Crippen LogP) is 7.11. The number of anilines is 1. The summed E-state index contributed by atoms with van der Waals surface area (Å²) in [4.78, 5) is 16.3. The summed E-state index contributed by atoms with van der Waals surface area (Å²) in [5.41, 5.74) is 5.85. The Morgan fingerprint density at radius 3 is 1.76 bits per heavy atom. The first-order valence-electron chi connectivity index (χ1n) is 14.1. The first kappa shape index (κ1) is 33.1. The number of alkyl halides is 2. The number of hydrogen-bond donors (Lipinski definition) is 1. The van der Waals surface area contributed by atoms with Crippen molar-refractivity contribution in [3.05, 3.63) is 22.7 Å². The number of ether oxygens (including phenoxy) is 1. The maximum atomic E-state index is 16.4. The van der Waals surface area contributed by atoms with Gasteiger partial charge >= 0.3 is 11.6 Å². The molecule has 0 aromatic carbocycles. The second-order valence-electron chi connectivity index (χ2n) is 12.7. The van der Waals surface area contributed by atoms with Crippen molar-refractivity contribution >= 4 is 22.5 Å². The average molecular weight is 576 g/mol. The Hall–Kier alpha value is -1.15. The van der Waals surface area contributed by atoms with Gasteiger partial charge in [-0.25, -0.2) is 4.79 Å². The van der Waals surface area contributed by atoms with E-state index in [2.05, 4.69) is 88.1 Å². The lowest BCUT2D eigenvalue weighted by Crippen LogP contribution is -2.57. The molecular weight excluding hydrogens is 524 g/mol. The summed E-state index contributed by atoms with van der Waals surface area (Å²) in [6.07, 6.45) is -3.26. The highest BCUT2D eigenvalue weighted by Gasteiger charge is 2.64. The van der Waals surface area contributed by atoms with Crippen LogP contribution in [0.2, 0.25) is 33.2 Å². The molecular formula is C27H51F2N3O4Si2. The number of halogens is 2. The zero-order chi connectivity index (χ0) is 29.4. The minimum absolute atomic E-state index is 0.0204. The molecule has 2 N–H and O–H groups in total. The van der Waals surface area contributed by atoms with Gasteiger partial charge in [0.15, 0.2) is 8.32 Å². The first-order valence-corrected chi connectivity index (χ1v) is 18.3. The van der Waals surface area contributed by atoms with Crippen molar-refractivity contribution in [3.63, 3.8) is 0 Å². The fourth-order valence-corrected chi connectivity index (χ4v) is 18.2. The van der Waals surface area contributed by atoms with Crippen LogP contribution < -0.4 is 11.4 Å². The van der Waals surface area contributed by atoms with Gasteiger partial charge in [0.05, 0.1) is 6.61 Å². The van der Waals surface area contributed by atoms with Crippen LogP contribution in [-0.4, -0.2) is 50.9 Å². The second-order valence-corrected chi connectivity index (χ2v) is 23.6. The fourth-order valence-electron chi connectivity index (χ4n) is 7.21. The van der Waals surface area contributed by atoms with Crippen LogP contribution in [0.1, 0.15) is 89.3 Å². The van der Waals surface area contributed by atoms with E-state index in [1.54, 1.807) is 0 Å². The molecule has 1 saturated heterocycles. The highest BCUT2D eigenvalue weighted by atomic mass is 28.4. The minimum Gasteiger partial charge on any atom is -0.413 e. The molecule has 2 rings (SSSR count). The van der Waals surface area contributed by atoms with Crippen LogP contribution in [0.4, 0.5) is 14.6 Å². The van der Waals surface area contributed by atoms with Gasteiger partial charge < -0.3 is 19.3 Å². The highest BCUT2D eigenvalue weighted by molar-refractivity contribution is 6.78. The molecule has 0 spiro atoms. The molecule has 2 heterocycles. The molecule has 0 bridgehead atoms. The smallest absolute Gasteiger partial charge is 0.351 e. The lowest BCUT2D eigenvalue weighted by atomic mass is 10.1. The monoisotopic (exact) mass is 575 g/mol. The predicted molar refractivity (Wildman–Crippen MR) is 155 cm³/mol. The average Bonchev–Trinajstić information content (AvgIpc) is 3.00. The van der Waals surface area contributed by atoms with E-state index in [-0.39, 0.29) is 45.7 Å². The molecule has 1 aromatic heterocycles. The Morgan fingerprint density at radius 2 is 1.37 bits per heavy atom. The van der Waals surface area contributed by atoms with E-state index in [9.17, 15) is 4.79 Å². The third kappa shape index (κ3) is 5.82. The van der Waals surface area contributed by atoms with Gasteiger partial charge in [0.2, 0.25) is 14.5 Å². The molecule has 0 amide bonds. The molecule has 0 aliphatic carbocycles. The number of rotatable bonds is 12. The van der Waals surface area contributed by atoms with Crippen LogP contribution in [0.15, 0.2) is 17.1 Å². The summed E-state index contributed by atoms with van der Waals surface area (Å²) in [6, 6.07) is 1.32. The van der Waals surface area contributed by atoms with Gasteiger partial charge in [-0.15, -0.1) is 0 Å². The van der Waals surface area contributed by atoms with Gasteiger partial charge in [-0.2, -0.15) is 13.8 Å². The van der Waals surface area contributed by atoms with Crippen molar-refractivity contribution < 1.29 is 22.4 Å². The SMILES string of the molecule is CC(C)[Si](OC[C@H]1O[C@@H](n2ccc(N)nc2=O)C(F)(F)[C@@H]1O[Si](C(C)C)(C(C)C)C(C)C)(C(C)C)C(C)C. The quantitative estimate of drug-likeness (QED) is 0.267. The van der Waals surface area contributed by atoms with Gasteiger partial charge in [0.1, 0.15) is 18.0 Å². The molecule has 1 aliphatic rings. The Morgan fingerprint density at radius 1 is 0.921 bits per heavy atom. The number of nitrogens with zero attached hydrogens (tertiary/aromatic N) is 2. The van der Waals surface area contributed by atoms with Crippen LogP contribution in [0.25, 0.3) is 0 Å². The Balaban J connectivity index is 2.63. The molecule has 1 aliphatic heterocycles. The van der Waals surface area contributed by atoms with E-state index < -0.39 is 46.7 Å². The van der Waals surface area contributed by atoms with Crippen molar-refractivity contribution in [1.82, 2.24) is 9.55 Å². The number of hydrogen-bond acceptors (Lipinski definition) is 6. The second kappa shape index (κ2) is 12.2. The Labute approximate surface area is 230 Å². The normalized spacial score (nSPS) is 22.7. The molecule has 0 unspecified atom stereocenters. The van der Waals surface area contributed by atoms with Crippen LogP contribution in [0, 0.1) is 0 Å². The largest absolute Gasteiger partial charge is 0.413 e. The van der Waals surface area contributed by atoms with Crippen molar-refractivity contribution in [3.8, 4) is 0 Å². The van der Waals surface area contributed by atoms with Crippen molar-refractivity contribution in [2.45, 2.75) is 141 Å². The van der Waals surface area contributed by atoms with Gasteiger partial charge in [-0.3, -0.25) is 4.57 Å². The van der Waals surface area contributed by atoms with E-state index in [0.29, 0.717) is 0 Å². The summed E-state index contributed by atoms with van der Waals surface area (Å²) in [6.45, 7) is 25.3. The van der Waals surface area contributed by atoms with Crippen molar-refractivity contribution in [2.75, 3.05) is 12.3 Å². The number of nitrogens with two attached hydrogens (primary N) is 1. The van der Waals surface area contributed by atoms with Gasteiger partial charge in [-0.1, -0.05) is 83.1 Å². The van der Waals surface area contributed by atoms with Gasteiger partial charge in [0, 0.05) is 6.20 Å². The van der Waals surface area contributed by atoms with E-state index in [0.717, 1.165) is 4.57 Å². The summed E-state index contributed by atoms with van der Waals surface area (Å²) >= 11 is 0. The summed E-state index contributed by atoms with van der Waals surface area (Å²) in [5, 5.41) is 0. The number of nitrogen functional groups attached to an aromatic ring is 1. The van der Waals surface area contributed by atoms with Gasteiger partial charge in [-0.05, 0) is 39.3 Å². The van der Waals surface area contributed by atoms with Crippen LogP contribution in [0.3, 0.4) is 0 Å². The molecule has 3 atom stereocenters. The van der Waals surface area contributed by atoms with E-state index in [1.165, 1.54) is 12.3 Å². The Kier molecular flexibility index (Phi) is 10.6. The van der Waals surface area contributed by atoms with Crippen LogP contribution in [0.5, 0.6) is 0 Å². The molecule has 0 radical (unpaired) electrons. The van der Waals surface area contributed by atoms with Crippen LogP contribution >= 0.6 is 0 Å². The standard InChI is InChI=1S/C27H51F2N3O4Si2/c1-16(2)37(17(3)4,18(5)6)34-15-22-24(36-38(19(7)8,20(9)10)21(11)12)27(28,29)25(35-22)32-14-13-23(30)31-26(32)33/h13-14,16-22,24-25H,15H2,1-12H3,(H2,30,31,33)/t22-,24-,25-/m1/s1. The summed E-state index contributed by atoms with van der Waals surface area (Å²) < 4.78 is 53.2. The molecule has 220 valence electrons.